The highest BCUT2D eigenvalue weighted by Crippen LogP contribution is 1.93. The molecule has 1 heterocycles. The van der Waals surface area contributed by atoms with E-state index < -0.39 is 0 Å². The van der Waals surface area contributed by atoms with Crippen LogP contribution in [0.1, 0.15) is 5.69 Å². The SMILES string of the molecule is NN=NCCc1cn(N)cn1. The molecule has 0 spiro atoms. The van der Waals surface area contributed by atoms with Gasteiger partial charge in [-0.25, -0.2) is 4.98 Å². The van der Waals surface area contributed by atoms with Gasteiger partial charge in [0.2, 0.25) is 0 Å². The van der Waals surface area contributed by atoms with Crippen molar-refractivity contribution in [1.29, 1.82) is 0 Å². The molecule has 0 aliphatic carbocycles. The average Bonchev–Trinajstić information content (AvgIpc) is 2.37. The molecule has 0 unspecified atom stereocenters. The minimum atomic E-state index is 0.549. The van der Waals surface area contributed by atoms with E-state index in [2.05, 4.69) is 15.3 Å². The Morgan fingerprint density at radius 2 is 2.45 bits per heavy atom. The van der Waals surface area contributed by atoms with E-state index in [0.29, 0.717) is 13.0 Å². The molecule has 0 aliphatic rings. The fourth-order valence-electron chi connectivity index (χ4n) is 0.731. The van der Waals surface area contributed by atoms with Crippen LogP contribution in [0, 0.1) is 0 Å². The maximum absolute atomic E-state index is 5.36. The molecule has 6 heteroatoms. The van der Waals surface area contributed by atoms with Crippen molar-refractivity contribution in [2.75, 3.05) is 12.4 Å². The van der Waals surface area contributed by atoms with Gasteiger partial charge in [0.15, 0.2) is 0 Å². The topological polar surface area (TPSA) is 94.6 Å². The summed E-state index contributed by atoms with van der Waals surface area (Å²) < 4.78 is 1.40. The third-order valence-corrected chi connectivity index (χ3v) is 1.20. The van der Waals surface area contributed by atoms with E-state index in [1.165, 1.54) is 11.0 Å². The molecule has 6 nitrogen and oxygen atoms in total. The number of nitrogen functional groups attached to an aromatic ring is 1. The van der Waals surface area contributed by atoms with Crippen LogP contribution in [0.15, 0.2) is 22.9 Å². The second-order valence-corrected chi connectivity index (χ2v) is 2.04. The Morgan fingerprint density at radius 3 is 3.00 bits per heavy atom. The lowest BCUT2D eigenvalue weighted by Gasteiger charge is -1.87. The third kappa shape index (κ3) is 2.24. The molecule has 0 fully saturated rings. The zero-order chi connectivity index (χ0) is 8.10. The Kier molecular flexibility index (Phi) is 2.42. The normalized spacial score (nSPS) is 10.9. The summed E-state index contributed by atoms with van der Waals surface area (Å²) in [6.45, 7) is 0.549. The molecular formula is C5H10N6. The minimum absolute atomic E-state index is 0.549. The van der Waals surface area contributed by atoms with Crippen LogP contribution in [-0.2, 0) is 6.42 Å². The zero-order valence-electron chi connectivity index (χ0n) is 6.01. The molecule has 0 aliphatic heterocycles. The Morgan fingerprint density at radius 1 is 1.64 bits per heavy atom. The Balaban J connectivity index is 2.38. The molecule has 0 bridgehead atoms. The van der Waals surface area contributed by atoms with Crippen molar-refractivity contribution < 1.29 is 0 Å². The van der Waals surface area contributed by atoms with E-state index in [-0.39, 0.29) is 0 Å². The lowest BCUT2D eigenvalue weighted by molar-refractivity contribution is 0.844. The van der Waals surface area contributed by atoms with Gasteiger partial charge in [0, 0.05) is 12.6 Å². The smallest absolute Gasteiger partial charge is 0.114 e. The lowest BCUT2D eigenvalue weighted by Crippen LogP contribution is -2.03. The summed E-state index contributed by atoms with van der Waals surface area (Å²) in [6, 6.07) is 0. The van der Waals surface area contributed by atoms with Gasteiger partial charge >= 0.3 is 0 Å². The van der Waals surface area contributed by atoms with Crippen LogP contribution >= 0.6 is 0 Å². The molecule has 0 aromatic carbocycles. The van der Waals surface area contributed by atoms with E-state index in [1.807, 2.05) is 0 Å². The first-order chi connectivity index (χ1) is 5.33. The maximum Gasteiger partial charge on any atom is 0.114 e. The van der Waals surface area contributed by atoms with Gasteiger partial charge < -0.3 is 11.7 Å². The molecule has 0 saturated heterocycles. The number of hydrogen-bond donors (Lipinski definition) is 2. The molecule has 0 atom stereocenters. The van der Waals surface area contributed by atoms with E-state index in [9.17, 15) is 0 Å². The Bertz CT molecular complexity index is 239. The summed E-state index contributed by atoms with van der Waals surface area (Å²) in [5, 5.41) is 6.71. The monoisotopic (exact) mass is 154 g/mol. The summed E-state index contributed by atoms with van der Waals surface area (Å²) in [4.78, 5) is 3.98. The van der Waals surface area contributed by atoms with Crippen molar-refractivity contribution in [2.45, 2.75) is 6.42 Å². The summed E-state index contributed by atoms with van der Waals surface area (Å²) in [7, 11) is 0. The predicted octanol–water partition coefficient (Wildman–Crippen LogP) is -0.535. The van der Waals surface area contributed by atoms with Crippen molar-refractivity contribution in [3.8, 4) is 0 Å². The van der Waals surface area contributed by atoms with E-state index in [0.717, 1.165) is 5.69 Å². The number of aromatic nitrogens is 2. The summed E-state index contributed by atoms with van der Waals surface area (Å²) in [5.74, 6) is 10.2. The van der Waals surface area contributed by atoms with Crippen molar-refractivity contribution in [1.82, 2.24) is 9.66 Å². The van der Waals surface area contributed by atoms with Crippen LogP contribution in [0.5, 0.6) is 0 Å². The summed E-state index contributed by atoms with van der Waals surface area (Å²) in [6.07, 6.45) is 3.98. The van der Waals surface area contributed by atoms with Crippen molar-refractivity contribution in [3.05, 3.63) is 18.2 Å². The van der Waals surface area contributed by atoms with Gasteiger partial charge in [-0.15, -0.1) is 0 Å². The third-order valence-electron chi connectivity index (χ3n) is 1.20. The second kappa shape index (κ2) is 3.55. The highest BCUT2D eigenvalue weighted by atomic mass is 15.3. The highest BCUT2D eigenvalue weighted by Gasteiger charge is 1.94. The van der Waals surface area contributed by atoms with Crippen molar-refractivity contribution >= 4 is 0 Å². The lowest BCUT2D eigenvalue weighted by atomic mass is 10.3. The van der Waals surface area contributed by atoms with Gasteiger partial charge in [0.05, 0.1) is 12.2 Å². The van der Waals surface area contributed by atoms with Crippen molar-refractivity contribution in [3.63, 3.8) is 0 Å². The quantitative estimate of drug-likeness (QED) is 0.348. The molecule has 11 heavy (non-hydrogen) atoms. The number of hydrogen-bond acceptors (Lipinski definition) is 4. The Hall–Kier alpha value is -1.59. The first kappa shape index (κ1) is 7.52. The molecule has 1 rings (SSSR count). The Labute approximate surface area is 63.9 Å². The van der Waals surface area contributed by atoms with E-state index in [4.69, 9.17) is 11.7 Å². The van der Waals surface area contributed by atoms with Gasteiger partial charge in [-0.3, -0.25) is 4.68 Å². The molecule has 0 amide bonds. The molecule has 4 N–H and O–H groups in total. The first-order valence-electron chi connectivity index (χ1n) is 3.17. The first-order valence-corrected chi connectivity index (χ1v) is 3.17. The summed E-state index contributed by atoms with van der Waals surface area (Å²) >= 11 is 0. The van der Waals surface area contributed by atoms with Crippen LogP contribution in [0.25, 0.3) is 0 Å². The van der Waals surface area contributed by atoms with Crippen molar-refractivity contribution in [2.24, 2.45) is 16.2 Å². The van der Waals surface area contributed by atoms with E-state index >= 15 is 0 Å². The van der Waals surface area contributed by atoms with Gasteiger partial charge in [-0.1, -0.05) is 5.22 Å². The summed E-state index contributed by atoms with van der Waals surface area (Å²) in [5.41, 5.74) is 0.889. The zero-order valence-corrected chi connectivity index (χ0v) is 6.01. The largest absolute Gasteiger partial charge is 0.338 e. The van der Waals surface area contributed by atoms with Crippen LogP contribution in [0.3, 0.4) is 0 Å². The minimum Gasteiger partial charge on any atom is -0.338 e. The second-order valence-electron chi connectivity index (χ2n) is 2.04. The number of nitrogens with two attached hydrogens (primary N) is 2. The maximum atomic E-state index is 5.36. The van der Waals surface area contributed by atoms with Gasteiger partial charge in [-0.2, -0.15) is 5.11 Å². The number of imidazole rings is 1. The molecule has 60 valence electrons. The number of nitrogens with zero attached hydrogens (tertiary/aromatic N) is 4. The standard InChI is InChI=1S/C5H10N6/c6-10-9-2-1-5-3-11(7)4-8-5/h3-4H,1-2,7H2,(H2,6,9). The predicted molar refractivity (Wildman–Crippen MR) is 40.0 cm³/mol. The molecule has 1 aromatic heterocycles. The molecule has 0 radical (unpaired) electrons. The molecule has 0 saturated carbocycles. The van der Waals surface area contributed by atoms with Crippen LogP contribution in [0.2, 0.25) is 0 Å². The molecule has 1 aromatic rings. The van der Waals surface area contributed by atoms with Crippen LogP contribution in [0.4, 0.5) is 0 Å². The van der Waals surface area contributed by atoms with E-state index in [1.54, 1.807) is 6.20 Å². The fourth-order valence-corrected chi connectivity index (χ4v) is 0.731. The van der Waals surface area contributed by atoms with Crippen LogP contribution < -0.4 is 11.7 Å². The van der Waals surface area contributed by atoms with Gasteiger partial charge in [-0.05, 0) is 0 Å². The van der Waals surface area contributed by atoms with Crippen LogP contribution in [-0.4, -0.2) is 16.2 Å². The molecular weight excluding hydrogens is 144 g/mol. The number of rotatable bonds is 3. The highest BCUT2D eigenvalue weighted by molar-refractivity contribution is 4.96. The van der Waals surface area contributed by atoms with Gasteiger partial charge in [0.1, 0.15) is 6.33 Å². The fraction of sp³-hybridized carbons (Fsp3) is 0.400. The van der Waals surface area contributed by atoms with Gasteiger partial charge in [0.25, 0.3) is 0 Å². The average molecular weight is 154 g/mol.